The van der Waals surface area contributed by atoms with Crippen molar-refractivity contribution in [3.05, 3.63) is 82.8 Å². The van der Waals surface area contributed by atoms with E-state index in [-0.39, 0.29) is 29.2 Å². The van der Waals surface area contributed by atoms with Gasteiger partial charge in [-0.15, -0.1) is 0 Å². The molecule has 210 valence electrons. The Kier molecular flexibility index (Phi) is 9.18. The highest BCUT2D eigenvalue weighted by Crippen LogP contribution is 2.25. The molecule has 0 N–H and O–H groups in total. The van der Waals surface area contributed by atoms with E-state index in [9.17, 15) is 14.0 Å². The lowest BCUT2D eigenvalue weighted by molar-refractivity contribution is -0.130. The Morgan fingerprint density at radius 1 is 0.975 bits per heavy atom. The van der Waals surface area contributed by atoms with Gasteiger partial charge in [0, 0.05) is 64.5 Å². The van der Waals surface area contributed by atoms with Crippen molar-refractivity contribution in [2.75, 3.05) is 56.5 Å². The lowest BCUT2D eigenvalue weighted by Gasteiger charge is -2.40. The van der Waals surface area contributed by atoms with Gasteiger partial charge in [-0.25, -0.2) is 14.4 Å². The number of aromatic nitrogens is 2. The number of carbonyl (C=O) groups is 2. The van der Waals surface area contributed by atoms with Crippen molar-refractivity contribution >= 4 is 41.0 Å². The maximum atomic E-state index is 14.2. The summed E-state index contributed by atoms with van der Waals surface area (Å²) in [4.78, 5) is 42.8. The third-order valence-corrected chi connectivity index (χ3v) is 8.30. The van der Waals surface area contributed by atoms with Gasteiger partial charge >= 0.3 is 0 Å². The van der Waals surface area contributed by atoms with Crippen LogP contribution in [0.1, 0.15) is 22.8 Å². The van der Waals surface area contributed by atoms with Gasteiger partial charge in [0.15, 0.2) is 5.16 Å². The highest BCUT2D eigenvalue weighted by molar-refractivity contribution is 7.99. The summed E-state index contributed by atoms with van der Waals surface area (Å²) < 4.78 is 14.2. The first-order valence-electron chi connectivity index (χ1n) is 13.4. The van der Waals surface area contributed by atoms with Gasteiger partial charge in [0.25, 0.3) is 5.91 Å². The van der Waals surface area contributed by atoms with Crippen LogP contribution in [-0.2, 0) is 11.3 Å². The maximum absolute atomic E-state index is 14.2. The molecule has 2 fully saturated rings. The molecule has 0 saturated carbocycles. The summed E-state index contributed by atoms with van der Waals surface area (Å²) in [7, 11) is 0. The van der Waals surface area contributed by atoms with E-state index in [0.29, 0.717) is 48.9 Å². The van der Waals surface area contributed by atoms with E-state index in [0.717, 1.165) is 19.6 Å². The Labute approximate surface area is 243 Å². The first-order chi connectivity index (χ1) is 19.4. The molecule has 11 heteroatoms. The zero-order valence-electron chi connectivity index (χ0n) is 22.4. The fourth-order valence-corrected chi connectivity index (χ4v) is 6.07. The van der Waals surface area contributed by atoms with Crippen molar-refractivity contribution < 1.29 is 14.0 Å². The SMILES string of the molecule is CC1CN(c2cc(Cl)nc(SCC(=O)N3CCN(Cc4ccccc4)CC3)n2)CCN1C(=O)c1ccccc1F. The van der Waals surface area contributed by atoms with Crippen molar-refractivity contribution in [1.82, 2.24) is 24.7 Å². The van der Waals surface area contributed by atoms with E-state index >= 15 is 0 Å². The van der Waals surface area contributed by atoms with Gasteiger partial charge in [0.2, 0.25) is 5.91 Å². The molecule has 3 heterocycles. The van der Waals surface area contributed by atoms with Crippen molar-refractivity contribution in [2.45, 2.75) is 24.7 Å². The molecule has 3 aromatic rings. The summed E-state index contributed by atoms with van der Waals surface area (Å²) in [6.45, 7) is 7.36. The zero-order chi connectivity index (χ0) is 28.1. The molecular weight excluding hydrogens is 551 g/mol. The number of amides is 2. The summed E-state index contributed by atoms with van der Waals surface area (Å²) >= 11 is 7.61. The number of anilines is 1. The number of hydrogen-bond donors (Lipinski definition) is 0. The summed E-state index contributed by atoms with van der Waals surface area (Å²) in [5.74, 6) is 0.106. The van der Waals surface area contributed by atoms with Gasteiger partial charge in [0.05, 0.1) is 11.3 Å². The third kappa shape index (κ3) is 6.92. The molecule has 5 rings (SSSR count). The monoisotopic (exact) mass is 582 g/mol. The molecule has 0 spiro atoms. The number of benzene rings is 2. The largest absolute Gasteiger partial charge is 0.353 e. The van der Waals surface area contributed by atoms with Gasteiger partial charge < -0.3 is 14.7 Å². The molecule has 2 aromatic carbocycles. The third-order valence-electron chi connectivity index (χ3n) is 7.28. The predicted molar refractivity (Wildman–Crippen MR) is 155 cm³/mol. The van der Waals surface area contributed by atoms with Crippen molar-refractivity contribution in [3.8, 4) is 0 Å². The molecule has 1 unspecified atom stereocenters. The number of rotatable bonds is 7. The van der Waals surface area contributed by atoms with Crippen molar-refractivity contribution in [3.63, 3.8) is 0 Å². The lowest BCUT2D eigenvalue weighted by Crippen LogP contribution is -2.54. The average Bonchev–Trinajstić information content (AvgIpc) is 2.96. The minimum absolute atomic E-state index is 0.0587. The minimum Gasteiger partial charge on any atom is -0.353 e. The number of thioether (sulfide) groups is 1. The van der Waals surface area contributed by atoms with Crippen LogP contribution in [0, 0.1) is 5.82 Å². The van der Waals surface area contributed by atoms with Crippen LogP contribution < -0.4 is 4.90 Å². The fraction of sp³-hybridized carbons (Fsp3) is 0.379. The molecule has 0 radical (unpaired) electrons. The Balaban J connectivity index is 1.13. The van der Waals surface area contributed by atoms with Gasteiger partial charge in [-0.1, -0.05) is 65.8 Å². The van der Waals surface area contributed by atoms with E-state index in [1.54, 1.807) is 23.1 Å². The van der Waals surface area contributed by atoms with Crippen LogP contribution in [0.15, 0.2) is 65.8 Å². The van der Waals surface area contributed by atoms with Gasteiger partial charge in [-0.05, 0) is 24.6 Å². The molecule has 8 nitrogen and oxygen atoms in total. The Bertz CT molecular complexity index is 1340. The van der Waals surface area contributed by atoms with Crippen molar-refractivity contribution in [2.24, 2.45) is 0 Å². The van der Waals surface area contributed by atoms with E-state index in [1.807, 2.05) is 34.9 Å². The number of piperazine rings is 2. The van der Waals surface area contributed by atoms with Crippen LogP contribution in [0.5, 0.6) is 0 Å². The first kappa shape index (κ1) is 28.3. The summed E-state index contributed by atoms with van der Waals surface area (Å²) in [5.41, 5.74) is 1.35. The molecule has 2 amide bonds. The lowest BCUT2D eigenvalue weighted by atomic mass is 10.1. The highest BCUT2D eigenvalue weighted by atomic mass is 35.5. The van der Waals surface area contributed by atoms with Crippen LogP contribution in [-0.4, -0.2) is 94.1 Å². The molecule has 1 aromatic heterocycles. The molecule has 2 aliphatic rings. The summed E-state index contributed by atoms with van der Waals surface area (Å²) in [5, 5.41) is 0.739. The quantitative estimate of drug-likeness (QED) is 0.236. The smallest absolute Gasteiger partial charge is 0.257 e. The first-order valence-corrected chi connectivity index (χ1v) is 14.8. The Morgan fingerprint density at radius 3 is 2.42 bits per heavy atom. The zero-order valence-corrected chi connectivity index (χ0v) is 24.0. The Hall–Kier alpha value is -3.21. The van der Waals surface area contributed by atoms with Crippen LogP contribution >= 0.6 is 23.4 Å². The van der Waals surface area contributed by atoms with Gasteiger partial charge in [-0.3, -0.25) is 14.5 Å². The number of carbonyl (C=O) groups excluding carboxylic acids is 2. The van der Waals surface area contributed by atoms with Crippen LogP contribution in [0.2, 0.25) is 5.15 Å². The van der Waals surface area contributed by atoms with Crippen LogP contribution in [0.25, 0.3) is 0 Å². The van der Waals surface area contributed by atoms with E-state index in [1.165, 1.54) is 29.5 Å². The normalized spacial score (nSPS) is 18.2. The summed E-state index contributed by atoms with van der Waals surface area (Å²) in [6, 6.07) is 17.9. The number of nitrogens with zero attached hydrogens (tertiary/aromatic N) is 6. The molecular formula is C29H32ClFN6O2S. The maximum Gasteiger partial charge on any atom is 0.257 e. The second-order valence-electron chi connectivity index (χ2n) is 10.0. The second kappa shape index (κ2) is 13.0. The predicted octanol–water partition coefficient (Wildman–Crippen LogP) is 4.06. The molecule has 0 aliphatic carbocycles. The van der Waals surface area contributed by atoms with Crippen LogP contribution in [0.4, 0.5) is 10.2 Å². The minimum atomic E-state index is -0.519. The van der Waals surface area contributed by atoms with E-state index < -0.39 is 5.82 Å². The molecule has 1 atom stereocenters. The van der Waals surface area contributed by atoms with E-state index in [4.69, 9.17) is 11.6 Å². The van der Waals surface area contributed by atoms with Gasteiger partial charge in [-0.2, -0.15) is 0 Å². The number of halogens is 2. The molecule has 40 heavy (non-hydrogen) atoms. The van der Waals surface area contributed by atoms with Crippen molar-refractivity contribution in [1.29, 1.82) is 0 Å². The number of hydrogen-bond acceptors (Lipinski definition) is 7. The summed E-state index contributed by atoms with van der Waals surface area (Å²) in [6.07, 6.45) is 0. The van der Waals surface area contributed by atoms with Gasteiger partial charge in [0.1, 0.15) is 16.8 Å². The standard InChI is InChI=1S/C29H32ClFN6O2S/c1-21-18-36(15-16-37(21)28(39)23-9-5-6-10-24(23)31)26-17-25(30)32-29(33-26)40-20-27(38)35-13-11-34(12-14-35)19-22-7-3-2-4-8-22/h2-10,17,21H,11-16,18-20H2,1H3. The second-order valence-corrected chi connectivity index (χ2v) is 11.4. The Morgan fingerprint density at radius 2 is 1.70 bits per heavy atom. The average molecular weight is 583 g/mol. The highest BCUT2D eigenvalue weighted by Gasteiger charge is 2.30. The molecule has 2 saturated heterocycles. The molecule has 2 aliphatic heterocycles. The van der Waals surface area contributed by atoms with E-state index in [2.05, 4.69) is 27.0 Å². The fourth-order valence-electron chi connectivity index (χ4n) is 5.08. The van der Waals surface area contributed by atoms with Crippen LogP contribution in [0.3, 0.4) is 0 Å². The molecule has 0 bridgehead atoms. The topological polar surface area (TPSA) is 72.9 Å².